The lowest BCUT2D eigenvalue weighted by Crippen LogP contribution is -2.61. The van der Waals surface area contributed by atoms with E-state index in [0.29, 0.717) is 63.4 Å². The summed E-state index contributed by atoms with van der Waals surface area (Å²) in [5, 5.41) is 33.5. The molecule has 4 aliphatic rings. The average molecular weight is 884 g/mol. The molecule has 1 saturated carbocycles. The number of aliphatic hydroxyl groups excluding tert-OH is 2. The molecule has 3 aliphatic heterocycles. The van der Waals surface area contributed by atoms with Gasteiger partial charge in [-0.05, 0) is 107 Å². The lowest BCUT2D eigenvalue weighted by Gasteiger charge is -2.42. The van der Waals surface area contributed by atoms with Gasteiger partial charge in [0.05, 0.1) is 30.5 Å². The third kappa shape index (κ3) is 14.3. The van der Waals surface area contributed by atoms with Crippen molar-refractivity contribution in [2.75, 3.05) is 20.8 Å². The number of aliphatic hydroxyl groups is 3. The smallest absolute Gasteiger partial charge is 0.329 e. The van der Waals surface area contributed by atoms with E-state index in [1.54, 1.807) is 41.1 Å². The summed E-state index contributed by atoms with van der Waals surface area (Å²) in [5.41, 5.74) is 1.39. The van der Waals surface area contributed by atoms with Crippen molar-refractivity contribution < 1.29 is 58.2 Å². The van der Waals surface area contributed by atoms with Crippen molar-refractivity contribution >= 4 is 29.2 Å². The van der Waals surface area contributed by atoms with Gasteiger partial charge in [-0.2, -0.15) is 0 Å². The first kappa shape index (κ1) is 52.3. The molecule has 63 heavy (non-hydrogen) atoms. The second-order valence-corrected chi connectivity index (χ2v) is 19.3. The fraction of sp³-hybridized carbons (Fsp3) is 0.740. The van der Waals surface area contributed by atoms with Crippen LogP contribution in [0.5, 0.6) is 0 Å². The van der Waals surface area contributed by atoms with Crippen molar-refractivity contribution in [1.29, 1.82) is 0 Å². The number of piperidine rings is 1. The van der Waals surface area contributed by atoms with Gasteiger partial charge in [0.2, 0.25) is 5.79 Å². The molecule has 2 saturated heterocycles. The van der Waals surface area contributed by atoms with E-state index in [-0.39, 0.29) is 67.1 Å². The molecule has 0 aromatic rings. The summed E-state index contributed by atoms with van der Waals surface area (Å²) >= 11 is 0. The number of carbonyl (C=O) groups is 5. The third-order valence-corrected chi connectivity index (χ3v) is 14.2. The van der Waals surface area contributed by atoms with Gasteiger partial charge in [0.1, 0.15) is 23.7 Å². The van der Waals surface area contributed by atoms with E-state index in [2.05, 4.69) is 0 Å². The molecule has 1 aliphatic carbocycles. The molecule has 13 heteroatoms. The molecule has 0 spiro atoms. The Morgan fingerprint density at radius 3 is 2.27 bits per heavy atom. The number of ketones is 3. The van der Waals surface area contributed by atoms with E-state index in [0.717, 1.165) is 12.0 Å². The minimum Gasteiger partial charge on any atom is -0.460 e. The zero-order chi connectivity index (χ0) is 46.6. The first-order valence-electron chi connectivity index (χ1n) is 23.4. The van der Waals surface area contributed by atoms with Gasteiger partial charge in [0.15, 0.2) is 0 Å². The number of fused-ring (bicyclic) bond motifs is 3. The second kappa shape index (κ2) is 24.3. The van der Waals surface area contributed by atoms with Crippen LogP contribution in [0.4, 0.5) is 0 Å². The zero-order valence-corrected chi connectivity index (χ0v) is 39.3. The van der Waals surface area contributed by atoms with Crippen LogP contribution in [-0.2, 0) is 42.9 Å². The Morgan fingerprint density at radius 1 is 0.841 bits per heavy atom. The lowest BCUT2D eigenvalue weighted by molar-refractivity contribution is -0.265. The molecular weight excluding hydrogens is 807 g/mol. The van der Waals surface area contributed by atoms with Gasteiger partial charge in [-0.25, -0.2) is 4.79 Å². The Bertz CT molecular complexity index is 1700. The van der Waals surface area contributed by atoms with Gasteiger partial charge >= 0.3 is 5.97 Å². The SMILES string of the molecule is COC1C[C@@H]2CC[C@H](C)[C@@](O)(O2)C(=O)C(=O)N2CCCC[C@@H]2C(=O)O[C@H]([C@@H](C)C[C@@H]2CC[C@H](O)[C@H](OC)C2)CC(=O)[C@H](C)C=C(C)[C@@H](O)CC(=O)[C@@H](C)C[C@@H](C)C=CC=CC=C1C. The molecule has 2 bridgehead atoms. The number of rotatable bonds is 5. The van der Waals surface area contributed by atoms with Crippen LogP contribution in [0.15, 0.2) is 47.6 Å². The van der Waals surface area contributed by atoms with Gasteiger partial charge in [0.25, 0.3) is 11.7 Å². The normalized spacial score (nSPS) is 37.5. The molecule has 3 heterocycles. The number of allylic oxidation sites excluding steroid dienone is 6. The Labute approximate surface area is 375 Å². The van der Waals surface area contributed by atoms with Crippen LogP contribution in [0.2, 0.25) is 0 Å². The van der Waals surface area contributed by atoms with E-state index >= 15 is 0 Å². The number of Topliss-reactive ketones (excluding diaryl/α,β-unsaturated/α-hetero) is 3. The Morgan fingerprint density at radius 2 is 1.57 bits per heavy atom. The van der Waals surface area contributed by atoms with Gasteiger partial charge in [0, 0.05) is 57.8 Å². The first-order valence-corrected chi connectivity index (χ1v) is 23.4. The van der Waals surface area contributed by atoms with Crippen LogP contribution in [0.3, 0.4) is 0 Å². The van der Waals surface area contributed by atoms with E-state index in [4.69, 9.17) is 18.9 Å². The Balaban J connectivity index is 1.67. The average Bonchev–Trinajstić information content (AvgIpc) is 3.25. The first-order chi connectivity index (χ1) is 29.8. The number of esters is 1. The maximum Gasteiger partial charge on any atom is 0.329 e. The van der Waals surface area contributed by atoms with Gasteiger partial charge in [-0.3, -0.25) is 19.2 Å². The topological polar surface area (TPSA) is 186 Å². The Kier molecular flexibility index (Phi) is 20.1. The highest BCUT2D eigenvalue weighted by Crippen LogP contribution is 2.37. The van der Waals surface area contributed by atoms with Crippen molar-refractivity contribution in [2.24, 2.45) is 35.5 Å². The Hall–Kier alpha value is -3.33. The maximum absolute atomic E-state index is 14.3. The van der Waals surface area contributed by atoms with Crippen LogP contribution in [0.1, 0.15) is 132 Å². The largest absolute Gasteiger partial charge is 0.460 e. The fourth-order valence-corrected chi connectivity index (χ4v) is 9.78. The molecular formula is C50H77NO12. The van der Waals surface area contributed by atoms with Crippen molar-refractivity contribution in [3.05, 3.63) is 47.6 Å². The molecule has 3 fully saturated rings. The molecule has 3 N–H and O–H groups in total. The number of ether oxygens (including phenoxy) is 4. The summed E-state index contributed by atoms with van der Waals surface area (Å²) in [6.07, 6.45) is 13.0. The number of cyclic esters (lactones) is 1. The van der Waals surface area contributed by atoms with Gasteiger partial charge < -0.3 is 39.2 Å². The predicted molar refractivity (Wildman–Crippen MR) is 239 cm³/mol. The number of hydrogen-bond donors (Lipinski definition) is 3. The van der Waals surface area contributed by atoms with Crippen molar-refractivity contribution in [3.8, 4) is 0 Å². The summed E-state index contributed by atoms with van der Waals surface area (Å²) < 4.78 is 23.8. The number of methoxy groups -OCH3 is 2. The number of carbonyl (C=O) groups excluding carboxylic acids is 5. The predicted octanol–water partition coefficient (Wildman–Crippen LogP) is 6.56. The molecule has 0 aromatic heterocycles. The molecule has 0 radical (unpaired) electrons. The van der Waals surface area contributed by atoms with Crippen LogP contribution in [0, 0.1) is 35.5 Å². The minimum atomic E-state index is -2.42. The third-order valence-electron chi connectivity index (χ3n) is 14.2. The quantitative estimate of drug-likeness (QED) is 0.154. The summed E-state index contributed by atoms with van der Waals surface area (Å²) in [6, 6.07) is -1.12. The fourth-order valence-electron chi connectivity index (χ4n) is 9.78. The molecule has 0 aromatic carbocycles. The highest BCUT2D eigenvalue weighted by atomic mass is 16.6. The van der Waals surface area contributed by atoms with Crippen LogP contribution < -0.4 is 0 Å². The number of hydrogen-bond acceptors (Lipinski definition) is 12. The summed E-state index contributed by atoms with van der Waals surface area (Å²) in [5.74, 6) is -7.36. The van der Waals surface area contributed by atoms with Crippen LogP contribution in [0.25, 0.3) is 0 Å². The highest BCUT2D eigenvalue weighted by molar-refractivity contribution is 6.39. The van der Waals surface area contributed by atoms with Crippen LogP contribution in [-0.4, -0.2) is 119 Å². The molecule has 1 amide bonds. The van der Waals surface area contributed by atoms with Gasteiger partial charge in [-0.15, -0.1) is 0 Å². The summed E-state index contributed by atoms with van der Waals surface area (Å²) in [7, 11) is 3.15. The number of amides is 1. The van der Waals surface area contributed by atoms with Crippen molar-refractivity contribution in [3.63, 3.8) is 0 Å². The van der Waals surface area contributed by atoms with E-state index in [1.807, 2.05) is 58.1 Å². The summed E-state index contributed by atoms with van der Waals surface area (Å²) in [4.78, 5) is 71.1. The monoisotopic (exact) mass is 884 g/mol. The minimum absolute atomic E-state index is 0.0725. The highest BCUT2D eigenvalue weighted by Gasteiger charge is 2.53. The number of nitrogens with zero attached hydrogens (tertiary/aromatic N) is 1. The maximum atomic E-state index is 14.3. The molecule has 13 nitrogen and oxygen atoms in total. The molecule has 1 unspecified atom stereocenters. The van der Waals surface area contributed by atoms with E-state index < -0.39 is 71.8 Å². The summed E-state index contributed by atoms with van der Waals surface area (Å²) in [6.45, 7) is 12.9. The standard InChI is InChI=1S/C50H77NO12/c1-30-15-11-10-12-16-31(2)44(60-8)27-38-20-18-36(7)50(59,63-38)47(56)48(57)51-22-14-13-17-39(51)49(58)62-45(35(6)25-37-19-21-40(52)46(26-37)61-9)29-43(55)34(5)24-33(4)42(54)28-41(53)32(3)23-30/h10-12,15-16,24,30,32,34-40,42,44-46,52,54,59H,13-14,17-23,25-29H2,1-9H3/t30-,32-,34+,35-,36-,37-,38-,39+,40-,42-,44?,45-,46+,50+/m0/s1. The van der Waals surface area contributed by atoms with Crippen LogP contribution >= 0.6 is 0 Å². The van der Waals surface area contributed by atoms with E-state index in [1.165, 1.54) is 4.90 Å². The van der Waals surface area contributed by atoms with E-state index in [9.17, 15) is 39.3 Å². The lowest BCUT2D eigenvalue weighted by atomic mass is 9.78. The van der Waals surface area contributed by atoms with Crippen molar-refractivity contribution in [2.45, 2.75) is 180 Å². The molecule has 4 rings (SSSR count). The second-order valence-electron chi connectivity index (χ2n) is 19.3. The molecule has 14 atom stereocenters. The zero-order valence-electron chi connectivity index (χ0n) is 39.3. The molecule has 354 valence electrons. The van der Waals surface area contributed by atoms with Crippen molar-refractivity contribution in [1.82, 2.24) is 4.90 Å². The van der Waals surface area contributed by atoms with Gasteiger partial charge in [-0.1, -0.05) is 71.1 Å².